The van der Waals surface area contributed by atoms with Gasteiger partial charge in [-0.05, 0) is 32.9 Å². The van der Waals surface area contributed by atoms with Crippen LogP contribution in [0.15, 0.2) is 24.3 Å². The number of hydrogen-bond donors (Lipinski definition) is 1. The third-order valence-corrected chi connectivity index (χ3v) is 2.98. The lowest BCUT2D eigenvalue weighted by molar-refractivity contribution is -0.896. The molecule has 0 bridgehead atoms. The van der Waals surface area contributed by atoms with Crippen LogP contribution < -0.4 is 9.64 Å². The second kappa shape index (κ2) is 7.07. The van der Waals surface area contributed by atoms with Crippen LogP contribution >= 0.6 is 0 Å². The number of quaternary nitrogens is 1. The first-order valence-corrected chi connectivity index (χ1v) is 6.25. The van der Waals surface area contributed by atoms with E-state index < -0.39 is 0 Å². The van der Waals surface area contributed by atoms with E-state index in [1.54, 1.807) is 6.92 Å². The molecule has 0 aliphatic carbocycles. The molecular formula is C14H22NO2+. The van der Waals surface area contributed by atoms with Gasteiger partial charge in [0.05, 0.1) is 18.7 Å². The smallest absolute Gasteiger partial charge is 0.163 e. The highest BCUT2D eigenvalue weighted by molar-refractivity contribution is 5.96. The van der Waals surface area contributed by atoms with Crippen LogP contribution in [0.4, 0.5) is 0 Å². The molecule has 1 rings (SSSR count). The molecule has 1 aromatic rings. The average molecular weight is 236 g/mol. The Kier molecular flexibility index (Phi) is 5.70. The van der Waals surface area contributed by atoms with E-state index in [0.717, 1.165) is 19.6 Å². The lowest BCUT2D eigenvalue weighted by atomic mass is 10.1. The molecule has 0 fully saturated rings. The molecule has 0 unspecified atom stereocenters. The van der Waals surface area contributed by atoms with Gasteiger partial charge in [-0.15, -0.1) is 0 Å². The number of likely N-dealkylation sites (N-methyl/N-ethyl adjacent to an activating group) is 1. The number of rotatable bonds is 7. The Hall–Kier alpha value is -1.35. The van der Waals surface area contributed by atoms with Crippen molar-refractivity contribution in [2.75, 3.05) is 26.2 Å². The van der Waals surface area contributed by atoms with Crippen molar-refractivity contribution < 1.29 is 14.4 Å². The van der Waals surface area contributed by atoms with Crippen LogP contribution in [0, 0.1) is 0 Å². The van der Waals surface area contributed by atoms with Crippen LogP contribution in [0.2, 0.25) is 0 Å². The molecule has 3 nitrogen and oxygen atoms in total. The fourth-order valence-electron chi connectivity index (χ4n) is 1.79. The van der Waals surface area contributed by atoms with Crippen molar-refractivity contribution in [1.29, 1.82) is 0 Å². The third kappa shape index (κ3) is 4.19. The topological polar surface area (TPSA) is 30.7 Å². The summed E-state index contributed by atoms with van der Waals surface area (Å²) < 4.78 is 5.69. The molecule has 0 saturated heterocycles. The van der Waals surface area contributed by atoms with Crippen molar-refractivity contribution >= 4 is 5.78 Å². The molecule has 0 saturated carbocycles. The number of para-hydroxylation sites is 1. The van der Waals surface area contributed by atoms with Gasteiger partial charge in [0, 0.05) is 0 Å². The molecule has 0 aliphatic rings. The fraction of sp³-hybridized carbons (Fsp3) is 0.500. The van der Waals surface area contributed by atoms with E-state index in [0.29, 0.717) is 17.9 Å². The summed E-state index contributed by atoms with van der Waals surface area (Å²) in [5.74, 6) is 0.752. The van der Waals surface area contributed by atoms with E-state index in [4.69, 9.17) is 4.74 Å². The van der Waals surface area contributed by atoms with Crippen molar-refractivity contribution in [2.24, 2.45) is 0 Å². The van der Waals surface area contributed by atoms with Gasteiger partial charge in [0.2, 0.25) is 0 Å². The minimum atomic E-state index is 0.0517. The van der Waals surface area contributed by atoms with E-state index in [-0.39, 0.29) is 5.78 Å². The summed E-state index contributed by atoms with van der Waals surface area (Å²) >= 11 is 0. The lowest BCUT2D eigenvalue weighted by Crippen LogP contribution is -3.12. The Morgan fingerprint density at radius 2 is 1.88 bits per heavy atom. The second-order valence-corrected chi connectivity index (χ2v) is 4.11. The molecule has 0 amide bonds. The predicted octanol–water partition coefficient (Wildman–Crippen LogP) is 1.19. The zero-order chi connectivity index (χ0) is 12.7. The molecule has 17 heavy (non-hydrogen) atoms. The van der Waals surface area contributed by atoms with Crippen LogP contribution in [0.25, 0.3) is 0 Å². The molecule has 3 heteroatoms. The minimum absolute atomic E-state index is 0.0517. The standard InChI is InChI=1S/C14H21NO2/c1-4-15(5-2)10-11-17-14-9-7-6-8-13(14)12(3)16/h6-9H,4-5,10-11H2,1-3H3/p+1. The van der Waals surface area contributed by atoms with E-state index in [2.05, 4.69) is 13.8 Å². The van der Waals surface area contributed by atoms with Gasteiger partial charge in [0.25, 0.3) is 0 Å². The zero-order valence-corrected chi connectivity index (χ0v) is 11.0. The highest BCUT2D eigenvalue weighted by Crippen LogP contribution is 2.17. The van der Waals surface area contributed by atoms with E-state index >= 15 is 0 Å². The molecule has 94 valence electrons. The number of carbonyl (C=O) groups is 1. The predicted molar refractivity (Wildman–Crippen MR) is 68.9 cm³/mol. The summed E-state index contributed by atoms with van der Waals surface area (Å²) in [6.45, 7) is 9.74. The normalized spacial score (nSPS) is 10.6. The summed E-state index contributed by atoms with van der Waals surface area (Å²) in [7, 11) is 0. The van der Waals surface area contributed by atoms with Gasteiger partial charge >= 0.3 is 0 Å². The molecule has 0 aromatic heterocycles. The SMILES string of the molecule is CC[NH+](CC)CCOc1ccccc1C(C)=O. The zero-order valence-electron chi connectivity index (χ0n) is 11.0. The van der Waals surface area contributed by atoms with Gasteiger partial charge in [0.1, 0.15) is 18.9 Å². The van der Waals surface area contributed by atoms with Crippen molar-refractivity contribution in [3.05, 3.63) is 29.8 Å². The van der Waals surface area contributed by atoms with E-state index in [1.165, 1.54) is 4.90 Å². The van der Waals surface area contributed by atoms with Gasteiger partial charge in [-0.1, -0.05) is 12.1 Å². The van der Waals surface area contributed by atoms with Crippen LogP contribution in [0.1, 0.15) is 31.1 Å². The van der Waals surface area contributed by atoms with Gasteiger partial charge < -0.3 is 9.64 Å². The molecule has 1 aromatic carbocycles. The maximum Gasteiger partial charge on any atom is 0.163 e. The van der Waals surface area contributed by atoms with Crippen LogP contribution in [-0.4, -0.2) is 32.0 Å². The van der Waals surface area contributed by atoms with Crippen LogP contribution in [0.3, 0.4) is 0 Å². The molecule has 0 atom stereocenters. The molecular weight excluding hydrogens is 214 g/mol. The average Bonchev–Trinajstić information content (AvgIpc) is 2.35. The number of ketones is 1. The third-order valence-electron chi connectivity index (χ3n) is 2.98. The number of ether oxygens (including phenoxy) is 1. The maximum absolute atomic E-state index is 11.4. The monoisotopic (exact) mass is 236 g/mol. The molecule has 1 N–H and O–H groups in total. The highest BCUT2D eigenvalue weighted by Gasteiger charge is 2.08. The summed E-state index contributed by atoms with van der Waals surface area (Å²) in [6, 6.07) is 7.42. The Labute approximate surface area is 103 Å². The first kappa shape index (κ1) is 13.7. The quantitative estimate of drug-likeness (QED) is 0.721. The lowest BCUT2D eigenvalue weighted by Gasteiger charge is -2.16. The summed E-state index contributed by atoms with van der Waals surface area (Å²) in [5.41, 5.74) is 0.669. The molecule has 0 spiro atoms. The summed E-state index contributed by atoms with van der Waals surface area (Å²) in [5, 5.41) is 0. The fourth-order valence-corrected chi connectivity index (χ4v) is 1.79. The van der Waals surface area contributed by atoms with Crippen molar-refractivity contribution in [3.8, 4) is 5.75 Å². The molecule has 0 heterocycles. The van der Waals surface area contributed by atoms with E-state index in [1.807, 2.05) is 24.3 Å². The second-order valence-electron chi connectivity index (χ2n) is 4.11. The van der Waals surface area contributed by atoms with E-state index in [9.17, 15) is 4.79 Å². The Morgan fingerprint density at radius 3 is 2.47 bits per heavy atom. The number of nitrogens with one attached hydrogen (secondary N) is 1. The minimum Gasteiger partial charge on any atom is -0.487 e. The van der Waals surface area contributed by atoms with Gasteiger partial charge in [-0.2, -0.15) is 0 Å². The summed E-state index contributed by atoms with van der Waals surface area (Å²) in [4.78, 5) is 12.9. The van der Waals surface area contributed by atoms with Crippen molar-refractivity contribution in [2.45, 2.75) is 20.8 Å². The largest absolute Gasteiger partial charge is 0.487 e. The molecule has 0 aliphatic heterocycles. The number of benzene rings is 1. The first-order chi connectivity index (χ1) is 8.19. The van der Waals surface area contributed by atoms with Gasteiger partial charge in [-0.25, -0.2) is 0 Å². The Morgan fingerprint density at radius 1 is 1.24 bits per heavy atom. The highest BCUT2D eigenvalue weighted by atomic mass is 16.5. The first-order valence-electron chi connectivity index (χ1n) is 6.25. The van der Waals surface area contributed by atoms with Crippen molar-refractivity contribution in [1.82, 2.24) is 0 Å². The molecule has 0 radical (unpaired) electrons. The number of hydrogen-bond acceptors (Lipinski definition) is 2. The van der Waals surface area contributed by atoms with Crippen LogP contribution in [-0.2, 0) is 0 Å². The summed E-state index contributed by atoms with van der Waals surface area (Å²) in [6.07, 6.45) is 0. The van der Waals surface area contributed by atoms with Gasteiger partial charge in [0.15, 0.2) is 5.78 Å². The van der Waals surface area contributed by atoms with Crippen molar-refractivity contribution in [3.63, 3.8) is 0 Å². The van der Waals surface area contributed by atoms with Gasteiger partial charge in [-0.3, -0.25) is 4.79 Å². The Balaban J connectivity index is 2.54. The Bertz CT molecular complexity index is 359. The number of Topliss-reactive ketones (excluding diaryl/α,β-unsaturated/α-hetero) is 1. The number of carbonyl (C=O) groups excluding carboxylic acids is 1. The maximum atomic E-state index is 11.4. The van der Waals surface area contributed by atoms with Crippen LogP contribution in [0.5, 0.6) is 5.75 Å².